The van der Waals surface area contributed by atoms with Crippen molar-refractivity contribution in [1.29, 1.82) is 0 Å². The first kappa shape index (κ1) is 23.5. The number of hydrogen-bond donors (Lipinski definition) is 1. The molecule has 7 heteroatoms. The van der Waals surface area contributed by atoms with E-state index in [0.29, 0.717) is 19.0 Å². The Bertz CT molecular complexity index is 998. The zero-order valence-electron chi connectivity index (χ0n) is 19.2. The number of aryl methyl sites for hydroxylation is 2. The van der Waals surface area contributed by atoms with Gasteiger partial charge in [-0.1, -0.05) is 12.1 Å². The maximum atomic E-state index is 12.6. The molecule has 0 fully saturated rings. The van der Waals surface area contributed by atoms with Crippen molar-refractivity contribution in [2.75, 3.05) is 24.9 Å². The van der Waals surface area contributed by atoms with Crippen LogP contribution in [0.1, 0.15) is 55.5 Å². The van der Waals surface area contributed by atoms with Gasteiger partial charge in [0, 0.05) is 5.69 Å². The van der Waals surface area contributed by atoms with E-state index in [9.17, 15) is 9.36 Å². The Hall–Kier alpha value is -2.14. The monoisotopic (exact) mass is 445 g/mol. The van der Waals surface area contributed by atoms with Crippen molar-refractivity contribution in [2.45, 2.75) is 53.4 Å². The Morgan fingerprint density at radius 1 is 1.00 bits per heavy atom. The van der Waals surface area contributed by atoms with Gasteiger partial charge in [0.15, 0.2) is 6.35 Å². The van der Waals surface area contributed by atoms with Crippen LogP contribution in [0.2, 0.25) is 0 Å². The minimum Gasteiger partial charge on any atom is -0.481 e. The average molecular weight is 445 g/mol. The van der Waals surface area contributed by atoms with Crippen LogP contribution in [0.5, 0.6) is 5.75 Å². The Morgan fingerprint density at radius 3 is 2.19 bits per heavy atom. The lowest BCUT2D eigenvalue weighted by Gasteiger charge is -2.19. The van der Waals surface area contributed by atoms with E-state index in [1.807, 2.05) is 45.9 Å². The van der Waals surface area contributed by atoms with Gasteiger partial charge in [-0.3, -0.25) is 9.36 Å². The predicted octanol–water partition coefficient (Wildman–Crippen LogP) is 5.73. The SMILES string of the molecule is CCOP(=O)(COc1cc(C)c(Cc2ccc3c(c2)C(C)(C)C(=O)N3)c(C)c1)OCC. The summed E-state index contributed by atoms with van der Waals surface area (Å²) in [6.45, 7) is 12.1. The van der Waals surface area contributed by atoms with Gasteiger partial charge in [0.1, 0.15) is 5.75 Å². The summed E-state index contributed by atoms with van der Waals surface area (Å²) in [4.78, 5) is 12.2. The molecule has 1 aliphatic heterocycles. The second-order valence-electron chi connectivity index (χ2n) is 8.39. The molecule has 0 unspecified atom stereocenters. The zero-order valence-corrected chi connectivity index (χ0v) is 20.1. The van der Waals surface area contributed by atoms with Crippen molar-refractivity contribution >= 4 is 19.2 Å². The van der Waals surface area contributed by atoms with Crippen LogP contribution in [0.3, 0.4) is 0 Å². The van der Waals surface area contributed by atoms with Crippen LogP contribution in [0.25, 0.3) is 0 Å². The van der Waals surface area contributed by atoms with E-state index in [1.54, 1.807) is 13.8 Å². The summed E-state index contributed by atoms with van der Waals surface area (Å²) in [5.74, 6) is 0.674. The summed E-state index contributed by atoms with van der Waals surface area (Å²) in [5, 5.41) is 2.95. The van der Waals surface area contributed by atoms with Gasteiger partial charge in [-0.05, 0) is 94.0 Å². The molecule has 0 atom stereocenters. The molecule has 1 amide bonds. The van der Waals surface area contributed by atoms with Crippen molar-refractivity contribution in [3.8, 4) is 5.75 Å². The molecule has 2 aromatic carbocycles. The Kier molecular flexibility index (Phi) is 6.95. The van der Waals surface area contributed by atoms with Crippen LogP contribution in [0, 0.1) is 13.8 Å². The average Bonchev–Trinajstić information content (AvgIpc) is 2.92. The van der Waals surface area contributed by atoms with Gasteiger partial charge in [-0.2, -0.15) is 0 Å². The van der Waals surface area contributed by atoms with Crippen molar-refractivity contribution in [1.82, 2.24) is 0 Å². The summed E-state index contributed by atoms with van der Waals surface area (Å²) in [5.41, 5.74) is 5.94. The maximum absolute atomic E-state index is 12.6. The van der Waals surface area contributed by atoms with Crippen LogP contribution >= 0.6 is 7.60 Å². The largest absolute Gasteiger partial charge is 0.481 e. The summed E-state index contributed by atoms with van der Waals surface area (Å²) in [6.07, 6.45) is 0.639. The normalized spacial score (nSPS) is 15.0. The molecule has 1 heterocycles. The number of nitrogens with one attached hydrogen (secondary N) is 1. The van der Waals surface area contributed by atoms with E-state index in [-0.39, 0.29) is 12.3 Å². The van der Waals surface area contributed by atoms with E-state index in [4.69, 9.17) is 13.8 Å². The third kappa shape index (κ3) is 5.03. The highest BCUT2D eigenvalue weighted by Gasteiger charge is 2.38. The molecule has 3 rings (SSSR count). The fourth-order valence-electron chi connectivity index (χ4n) is 3.91. The van der Waals surface area contributed by atoms with Crippen LogP contribution < -0.4 is 10.1 Å². The van der Waals surface area contributed by atoms with E-state index in [2.05, 4.69) is 17.4 Å². The molecular formula is C24H32NO5P. The highest BCUT2D eigenvalue weighted by atomic mass is 31.2. The van der Waals surface area contributed by atoms with Gasteiger partial charge in [-0.25, -0.2) is 0 Å². The molecule has 0 spiro atoms. The van der Waals surface area contributed by atoms with Gasteiger partial charge in [0.05, 0.1) is 18.6 Å². The molecule has 168 valence electrons. The van der Waals surface area contributed by atoms with Gasteiger partial charge in [0.25, 0.3) is 0 Å². The van der Waals surface area contributed by atoms with Crippen molar-refractivity contribution < 1.29 is 23.1 Å². The number of fused-ring (bicyclic) bond motifs is 1. The predicted molar refractivity (Wildman–Crippen MR) is 123 cm³/mol. The van der Waals surface area contributed by atoms with Gasteiger partial charge in [0.2, 0.25) is 5.91 Å². The Morgan fingerprint density at radius 2 is 1.61 bits per heavy atom. The standard InChI is InChI=1S/C24H32NO5P/c1-7-29-31(27,30-8-2)15-28-19-11-16(3)20(17(4)12-19)13-18-9-10-22-21(14-18)24(5,6)23(26)25-22/h9-12,14H,7-8,13,15H2,1-6H3,(H,25,26). The first-order valence-corrected chi connectivity index (χ1v) is 12.4. The quantitative estimate of drug-likeness (QED) is 0.499. The van der Waals surface area contributed by atoms with E-state index in [1.165, 1.54) is 5.56 Å². The fraction of sp³-hybridized carbons (Fsp3) is 0.458. The third-order valence-corrected chi connectivity index (χ3v) is 7.41. The molecule has 2 aromatic rings. The van der Waals surface area contributed by atoms with Gasteiger partial charge >= 0.3 is 7.60 Å². The Balaban J connectivity index is 1.78. The molecule has 0 saturated carbocycles. The number of carbonyl (C=O) groups excluding carboxylic acids is 1. The lowest BCUT2D eigenvalue weighted by Crippen LogP contribution is -2.26. The minimum atomic E-state index is -3.26. The van der Waals surface area contributed by atoms with Crippen LogP contribution in [0.15, 0.2) is 30.3 Å². The summed E-state index contributed by atoms with van der Waals surface area (Å²) < 4.78 is 29.0. The molecule has 1 aliphatic rings. The molecular weight excluding hydrogens is 413 g/mol. The molecule has 31 heavy (non-hydrogen) atoms. The number of rotatable bonds is 9. The topological polar surface area (TPSA) is 73.9 Å². The lowest BCUT2D eigenvalue weighted by molar-refractivity contribution is -0.119. The summed E-state index contributed by atoms with van der Waals surface area (Å²) in [7, 11) is -3.26. The van der Waals surface area contributed by atoms with Crippen LogP contribution in [-0.4, -0.2) is 25.5 Å². The van der Waals surface area contributed by atoms with Crippen LogP contribution in [0.4, 0.5) is 5.69 Å². The lowest BCUT2D eigenvalue weighted by atomic mass is 9.84. The molecule has 0 aliphatic carbocycles. The minimum absolute atomic E-state index is 0.0323. The Labute approximate surface area is 184 Å². The zero-order chi connectivity index (χ0) is 22.8. The van der Waals surface area contributed by atoms with Crippen LogP contribution in [-0.2, 0) is 30.2 Å². The molecule has 6 nitrogen and oxygen atoms in total. The second-order valence-corrected chi connectivity index (χ2v) is 10.4. The highest BCUT2D eigenvalue weighted by Crippen LogP contribution is 2.48. The number of benzene rings is 2. The van der Waals surface area contributed by atoms with E-state index < -0.39 is 13.0 Å². The maximum Gasteiger partial charge on any atom is 0.367 e. The second kappa shape index (κ2) is 9.15. The summed E-state index contributed by atoms with van der Waals surface area (Å²) in [6, 6.07) is 10.1. The van der Waals surface area contributed by atoms with Crippen molar-refractivity contribution in [2.24, 2.45) is 0 Å². The molecule has 0 bridgehead atoms. The number of carbonyl (C=O) groups is 1. The number of anilines is 1. The van der Waals surface area contributed by atoms with Gasteiger partial charge < -0.3 is 19.1 Å². The van der Waals surface area contributed by atoms with Crippen molar-refractivity contribution in [3.05, 3.63) is 58.1 Å². The summed E-state index contributed by atoms with van der Waals surface area (Å²) >= 11 is 0. The molecule has 0 saturated heterocycles. The third-order valence-electron chi connectivity index (χ3n) is 5.66. The van der Waals surface area contributed by atoms with Gasteiger partial charge in [-0.15, -0.1) is 0 Å². The first-order valence-electron chi connectivity index (χ1n) is 10.7. The molecule has 0 aromatic heterocycles. The van der Waals surface area contributed by atoms with E-state index in [0.717, 1.165) is 34.4 Å². The smallest absolute Gasteiger partial charge is 0.367 e. The number of amides is 1. The molecule has 0 radical (unpaired) electrons. The van der Waals surface area contributed by atoms with E-state index >= 15 is 0 Å². The van der Waals surface area contributed by atoms with Crippen molar-refractivity contribution in [3.63, 3.8) is 0 Å². The highest BCUT2D eigenvalue weighted by molar-refractivity contribution is 7.53. The number of hydrogen-bond acceptors (Lipinski definition) is 5. The number of ether oxygens (including phenoxy) is 1. The fourth-order valence-corrected chi connectivity index (χ4v) is 5.22. The first-order chi connectivity index (χ1) is 14.6. The molecule has 1 N–H and O–H groups in total.